The Kier molecular flexibility index (Phi) is 6.45. The second-order valence-corrected chi connectivity index (χ2v) is 7.79. The van der Waals surface area contributed by atoms with Gasteiger partial charge in [0.05, 0.1) is 5.56 Å². The van der Waals surface area contributed by atoms with E-state index >= 15 is 0 Å². The van der Waals surface area contributed by atoms with Crippen molar-refractivity contribution in [3.8, 4) is 0 Å². The van der Waals surface area contributed by atoms with Gasteiger partial charge in [-0.05, 0) is 42.3 Å². The highest BCUT2D eigenvalue weighted by atomic mass is 35.5. The molecule has 0 aliphatic carbocycles. The Balaban J connectivity index is 1.92. The van der Waals surface area contributed by atoms with Gasteiger partial charge in [0.1, 0.15) is 5.82 Å². The Hall–Kier alpha value is -2.81. The number of carbonyl (C=O) groups is 2. The lowest BCUT2D eigenvalue weighted by Gasteiger charge is -2.42. The van der Waals surface area contributed by atoms with Gasteiger partial charge >= 0.3 is 12.3 Å². The van der Waals surface area contributed by atoms with Gasteiger partial charge in [-0.1, -0.05) is 23.7 Å². The minimum atomic E-state index is -4.93. The third kappa shape index (κ3) is 4.92. The van der Waals surface area contributed by atoms with Crippen molar-refractivity contribution in [1.82, 2.24) is 9.80 Å². The van der Waals surface area contributed by atoms with Crippen LogP contribution in [0.2, 0.25) is 5.02 Å². The third-order valence-corrected chi connectivity index (χ3v) is 5.73. The normalized spacial score (nSPS) is 19.2. The molecule has 1 heterocycles. The third-order valence-electron chi connectivity index (χ3n) is 5.48. The van der Waals surface area contributed by atoms with Crippen LogP contribution >= 0.6 is 11.6 Å². The molecule has 0 unspecified atom stereocenters. The molecule has 2 aromatic rings. The number of rotatable bonds is 3. The van der Waals surface area contributed by atoms with Crippen LogP contribution in [0.25, 0.3) is 0 Å². The second-order valence-electron chi connectivity index (χ2n) is 7.35. The molecule has 10 heteroatoms. The lowest BCUT2D eigenvalue weighted by atomic mass is 9.85. The number of carbonyl (C=O) groups excluding carboxylic acids is 1. The first kappa shape index (κ1) is 22.9. The molecule has 0 saturated carbocycles. The molecule has 2 aromatic carbocycles. The number of amides is 2. The summed E-state index contributed by atoms with van der Waals surface area (Å²) in [7, 11) is 1.45. The fourth-order valence-corrected chi connectivity index (χ4v) is 3.97. The zero-order valence-electron chi connectivity index (χ0n) is 16.4. The molecular weight excluding hydrogens is 440 g/mol. The molecule has 0 spiro atoms. The van der Waals surface area contributed by atoms with Crippen molar-refractivity contribution in [3.63, 3.8) is 0 Å². The molecule has 0 aromatic heterocycles. The first-order chi connectivity index (χ1) is 14.5. The van der Waals surface area contributed by atoms with Crippen LogP contribution in [0, 0.1) is 5.82 Å². The molecule has 1 aliphatic heterocycles. The average Bonchev–Trinajstić information content (AvgIpc) is 2.72. The Morgan fingerprint density at radius 1 is 1.16 bits per heavy atom. The van der Waals surface area contributed by atoms with Crippen molar-refractivity contribution in [3.05, 3.63) is 70.0 Å². The second kappa shape index (κ2) is 8.74. The predicted molar refractivity (Wildman–Crippen MR) is 106 cm³/mol. The molecule has 31 heavy (non-hydrogen) atoms. The number of likely N-dealkylation sites (tertiary alicyclic amines) is 1. The number of nitrogens with zero attached hydrogens (tertiary/aromatic N) is 2. The zero-order valence-corrected chi connectivity index (χ0v) is 17.1. The highest BCUT2D eigenvalue weighted by Gasteiger charge is 2.38. The molecule has 1 N–H and O–H groups in total. The molecule has 0 radical (unpaired) electrons. The van der Waals surface area contributed by atoms with Crippen LogP contribution in [-0.2, 0) is 6.18 Å². The maximum Gasteiger partial charge on any atom is 0.419 e. The van der Waals surface area contributed by atoms with Gasteiger partial charge in [-0.3, -0.25) is 4.79 Å². The standard InChI is InChI=1S/C21H19ClF4N2O3/c1-27(19(29)13-4-7-17(23)16(10-13)21(24,25)26)18-8-9-28(20(30)31)11-15(18)12-2-5-14(22)6-3-12/h2-7,10,15,18H,8-9,11H2,1H3,(H,30,31)/t15-,18+/m0/s1. The summed E-state index contributed by atoms with van der Waals surface area (Å²) >= 11 is 5.93. The Labute approximate surface area is 180 Å². The van der Waals surface area contributed by atoms with Gasteiger partial charge < -0.3 is 14.9 Å². The van der Waals surface area contributed by atoms with Crippen molar-refractivity contribution < 1.29 is 32.3 Å². The van der Waals surface area contributed by atoms with Crippen LogP contribution in [0.4, 0.5) is 22.4 Å². The molecule has 2 amide bonds. The lowest BCUT2D eigenvalue weighted by Crippen LogP contribution is -2.51. The van der Waals surface area contributed by atoms with Gasteiger partial charge in [0.15, 0.2) is 0 Å². The number of piperidine rings is 1. The van der Waals surface area contributed by atoms with Crippen molar-refractivity contribution >= 4 is 23.6 Å². The summed E-state index contributed by atoms with van der Waals surface area (Å²) in [5.41, 5.74) is -1.07. The topological polar surface area (TPSA) is 60.9 Å². The van der Waals surface area contributed by atoms with Crippen molar-refractivity contribution in [2.75, 3.05) is 20.1 Å². The van der Waals surface area contributed by atoms with Gasteiger partial charge in [-0.25, -0.2) is 9.18 Å². The SMILES string of the molecule is CN(C(=O)c1ccc(F)c(C(F)(F)F)c1)[C@@H]1CCN(C(=O)O)C[C@H]1c1ccc(Cl)cc1. The van der Waals surface area contributed by atoms with E-state index in [1.807, 2.05) is 0 Å². The Morgan fingerprint density at radius 2 is 1.81 bits per heavy atom. The fraction of sp³-hybridized carbons (Fsp3) is 0.333. The number of benzene rings is 2. The Morgan fingerprint density at radius 3 is 2.39 bits per heavy atom. The lowest BCUT2D eigenvalue weighted by molar-refractivity contribution is -0.140. The predicted octanol–water partition coefficient (Wildman–Crippen LogP) is 5.11. The van der Waals surface area contributed by atoms with E-state index in [0.29, 0.717) is 17.2 Å². The molecule has 0 bridgehead atoms. The van der Waals surface area contributed by atoms with E-state index in [-0.39, 0.29) is 25.1 Å². The van der Waals surface area contributed by atoms with Gasteiger partial charge in [-0.15, -0.1) is 0 Å². The minimum absolute atomic E-state index is 0.108. The van der Waals surface area contributed by atoms with E-state index in [1.54, 1.807) is 24.3 Å². The summed E-state index contributed by atoms with van der Waals surface area (Å²) < 4.78 is 52.7. The number of alkyl halides is 3. The van der Waals surface area contributed by atoms with Crippen LogP contribution < -0.4 is 0 Å². The van der Waals surface area contributed by atoms with Gasteiger partial charge in [-0.2, -0.15) is 13.2 Å². The van der Waals surface area contributed by atoms with E-state index in [4.69, 9.17) is 11.6 Å². The summed E-state index contributed by atoms with van der Waals surface area (Å²) in [6.07, 6.45) is -5.74. The van der Waals surface area contributed by atoms with E-state index in [1.165, 1.54) is 16.8 Å². The quantitative estimate of drug-likeness (QED) is 0.650. The molecular formula is C21H19ClF4N2O3. The summed E-state index contributed by atoms with van der Waals surface area (Å²) in [5, 5.41) is 9.86. The zero-order chi connectivity index (χ0) is 22.9. The minimum Gasteiger partial charge on any atom is -0.465 e. The largest absolute Gasteiger partial charge is 0.465 e. The van der Waals surface area contributed by atoms with E-state index in [2.05, 4.69) is 0 Å². The molecule has 1 fully saturated rings. The molecule has 1 saturated heterocycles. The first-order valence-electron chi connectivity index (χ1n) is 9.36. The van der Waals surface area contributed by atoms with Crippen LogP contribution in [-0.4, -0.2) is 53.1 Å². The van der Waals surface area contributed by atoms with Crippen LogP contribution in [0.15, 0.2) is 42.5 Å². The van der Waals surface area contributed by atoms with Crippen molar-refractivity contribution in [2.45, 2.75) is 24.6 Å². The summed E-state index contributed by atoms with van der Waals surface area (Å²) in [4.78, 5) is 27.0. The molecule has 1 aliphatic rings. The molecule has 2 atom stereocenters. The monoisotopic (exact) mass is 458 g/mol. The maximum atomic E-state index is 13.6. The summed E-state index contributed by atoms with van der Waals surface area (Å²) in [5.74, 6) is -2.59. The smallest absolute Gasteiger partial charge is 0.419 e. The number of hydrogen-bond acceptors (Lipinski definition) is 2. The highest BCUT2D eigenvalue weighted by molar-refractivity contribution is 6.30. The number of likely N-dealkylation sites (N-methyl/N-ethyl adjacent to an activating group) is 1. The van der Waals surface area contributed by atoms with Crippen molar-refractivity contribution in [1.29, 1.82) is 0 Å². The summed E-state index contributed by atoms with van der Waals surface area (Å²) in [6, 6.07) is 8.38. The Bertz CT molecular complexity index is 982. The van der Waals surface area contributed by atoms with Crippen LogP contribution in [0.1, 0.15) is 33.8 Å². The number of carboxylic acid groups (broad SMARTS) is 1. The van der Waals surface area contributed by atoms with Gasteiger partial charge in [0.2, 0.25) is 0 Å². The van der Waals surface area contributed by atoms with Crippen molar-refractivity contribution in [2.24, 2.45) is 0 Å². The van der Waals surface area contributed by atoms with Crippen LogP contribution in [0.3, 0.4) is 0 Å². The first-order valence-corrected chi connectivity index (χ1v) is 9.74. The van der Waals surface area contributed by atoms with E-state index < -0.39 is 41.5 Å². The molecule has 166 valence electrons. The molecule has 3 rings (SSSR count). The van der Waals surface area contributed by atoms with E-state index in [0.717, 1.165) is 11.6 Å². The van der Waals surface area contributed by atoms with E-state index in [9.17, 15) is 32.3 Å². The van der Waals surface area contributed by atoms with Gasteiger partial charge in [0.25, 0.3) is 5.91 Å². The maximum absolute atomic E-state index is 13.6. The molecule has 5 nitrogen and oxygen atoms in total. The summed E-state index contributed by atoms with van der Waals surface area (Å²) in [6.45, 7) is 0.273. The average molecular weight is 459 g/mol. The fourth-order valence-electron chi connectivity index (χ4n) is 3.84. The number of halogens is 5. The van der Waals surface area contributed by atoms with Crippen LogP contribution in [0.5, 0.6) is 0 Å². The van der Waals surface area contributed by atoms with Gasteiger partial charge in [0, 0.05) is 42.7 Å². The highest BCUT2D eigenvalue weighted by Crippen LogP contribution is 2.34. The number of hydrogen-bond donors (Lipinski definition) is 1.